The normalized spacial score (nSPS) is 26.8. The summed E-state index contributed by atoms with van der Waals surface area (Å²) in [6, 6.07) is 8.55. The van der Waals surface area contributed by atoms with Crippen LogP contribution < -0.4 is 10.1 Å². The van der Waals surface area contributed by atoms with Crippen LogP contribution in [-0.2, 0) is 4.74 Å². The van der Waals surface area contributed by atoms with Crippen molar-refractivity contribution in [2.45, 2.75) is 46.3 Å². The van der Waals surface area contributed by atoms with Gasteiger partial charge in [-0.1, -0.05) is 32.0 Å². The summed E-state index contributed by atoms with van der Waals surface area (Å²) < 4.78 is 11.9. The van der Waals surface area contributed by atoms with Gasteiger partial charge < -0.3 is 19.7 Å². The molecule has 0 spiro atoms. The summed E-state index contributed by atoms with van der Waals surface area (Å²) in [7, 11) is 2.08. The number of benzene rings is 1. The van der Waals surface area contributed by atoms with Gasteiger partial charge in [0.15, 0.2) is 5.96 Å². The summed E-state index contributed by atoms with van der Waals surface area (Å²) in [4.78, 5) is 6.87. The maximum Gasteiger partial charge on any atom is 0.194 e. The molecule has 0 radical (unpaired) electrons. The second-order valence-corrected chi connectivity index (χ2v) is 8.02. The Morgan fingerprint density at radius 3 is 2.88 bits per heavy atom. The number of nitrogens with one attached hydrogen (secondary N) is 1. The molecule has 1 heterocycles. The molecule has 26 heavy (non-hydrogen) atoms. The lowest BCUT2D eigenvalue weighted by atomic mass is 9.57. The van der Waals surface area contributed by atoms with E-state index in [-0.39, 0.29) is 5.41 Å². The number of para-hydroxylation sites is 1. The van der Waals surface area contributed by atoms with Crippen molar-refractivity contribution in [3.63, 3.8) is 0 Å². The molecule has 1 N–H and O–H groups in total. The van der Waals surface area contributed by atoms with Crippen molar-refractivity contribution in [2.75, 3.05) is 33.4 Å². The van der Waals surface area contributed by atoms with Gasteiger partial charge in [0.25, 0.3) is 0 Å². The van der Waals surface area contributed by atoms with Crippen molar-refractivity contribution in [1.29, 1.82) is 0 Å². The summed E-state index contributed by atoms with van der Waals surface area (Å²) in [6.07, 6.45) is 1.53. The van der Waals surface area contributed by atoms with Crippen LogP contribution in [0.25, 0.3) is 0 Å². The topological polar surface area (TPSA) is 46.1 Å². The van der Waals surface area contributed by atoms with Crippen molar-refractivity contribution in [1.82, 2.24) is 10.2 Å². The lowest BCUT2D eigenvalue weighted by Crippen LogP contribution is -2.68. The number of hydrogen-bond donors (Lipinski definition) is 1. The van der Waals surface area contributed by atoms with Gasteiger partial charge in [-0.25, -0.2) is 0 Å². The number of hydrogen-bond acceptors (Lipinski definition) is 3. The van der Waals surface area contributed by atoms with E-state index in [1.807, 2.05) is 18.2 Å². The van der Waals surface area contributed by atoms with E-state index in [4.69, 9.17) is 14.5 Å². The van der Waals surface area contributed by atoms with Crippen LogP contribution in [0.3, 0.4) is 0 Å². The van der Waals surface area contributed by atoms with Crippen LogP contribution in [0.1, 0.15) is 32.8 Å². The molecule has 1 aliphatic carbocycles. The Kier molecular flexibility index (Phi) is 5.76. The molecule has 5 nitrogen and oxygen atoms in total. The molecule has 1 saturated heterocycles. The molecule has 0 bridgehead atoms. The van der Waals surface area contributed by atoms with Crippen LogP contribution in [0.5, 0.6) is 5.75 Å². The number of nitrogens with zero attached hydrogens (tertiary/aromatic N) is 2. The average Bonchev–Trinajstić information content (AvgIpc) is 3.07. The van der Waals surface area contributed by atoms with E-state index in [2.05, 4.69) is 51.0 Å². The third kappa shape index (κ3) is 3.68. The van der Waals surface area contributed by atoms with E-state index in [0.29, 0.717) is 24.7 Å². The van der Waals surface area contributed by atoms with Crippen molar-refractivity contribution < 1.29 is 9.47 Å². The van der Waals surface area contributed by atoms with Gasteiger partial charge in [-0.15, -0.1) is 0 Å². The number of ether oxygens (including phenoxy) is 2. The standard InChI is InChI=1S/C21H33N3O2/c1-6-22-20(23-18-16-11-13-26-19(16)21(18,3)4)24(5)12-14-25-17-10-8-7-9-15(17)2/h7-10,16,18-19H,6,11-14H2,1-5H3,(H,22,23). The molecule has 0 amide bonds. The highest BCUT2D eigenvalue weighted by Crippen LogP contribution is 2.52. The molecule has 1 aromatic rings. The van der Waals surface area contributed by atoms with Crippen molar-refractivity contribution in [3.05, 3.63) is 29.8 Å². The fourth-order valence-electron chi connectivity index (χ4n) is 4.30. The smallest absolute Gasteiger partial charge is 0.194 e. The molecule has 3 rings (SSSR count). The lowest BCUT2D eigenvalue weighted by Gasteiger charge is -2.55. The Labute approximate surface area is 157 Å². The summed E-state index contributed by atoms with van der Waals surface area (Å²) in [5, 5.41) is 3.72. The van der Waals surface area contributed by atoms with Gasteiger partial charge in [0, 0.05) is 37.6 Å². The van der Waals surface area contributed by atoms with Gasteiger partial charge in [0.05, 0.1) is 12.6 Å². The SMILES string of the molecule is CCN=C(NC1C2CCOC2C1(C)C)N(C)CCOc1ccccc1C. The Balaban J connectivity index is 1.56. The summed E-state index contributed by atoms with van der Waals surface area (Å²) in [5.41, 5.74) is 1.31. The second kappa shape index (κ2) is 7.87. The fourth-order valence-corrected chi connectivity index (χ4v) is 4.30. The molecule has 3 atom stereocenters. The highest BCUT2D eigenvalue weighted by atomic mass is 16.5. The average molecular weight is 360 g/mol. The molecule has 1 aliphatic heterocycles. The second-order valence-electron chi connectivity index (χ2n) is 8.02. The molecule has 0 aromatic heterocycles. The Bertz CT molecular complexity index is 644. The molecule has 5 heteroatoms. The van der Waals surface area contributed by atoms with E-state index < -0.39 is 0 Å². The zero-order valence-electron chi connectivity index (χ0n) is 16.8. The number of guanidine groups is 1. The molecule has 3 unspecified atom stereocenters. The lowest BCUT2D eigenvalue weighted by molar-refractivity contribution is -0.107. The number of likely N-dealkylation sites (N-methyl/N-ethyl adjacent to an activating group) is 1. The number of rotatable bonds is 6. The van der Waals surface area contributed by atoms with E-state index in [1.165, 1.54) is 5.56 Å². The van der Waals surface area contributed by atoms with E-state index in [0.717, 1.165) is 37.8 Å². The molecule has 1 aromatic carbocycles. The molecule has 144 valence electrons. The zero-order chi connectivity index (χ0) is 18.7. The number of aliphatic imine (C=N–C) groups is 1. The first-order valence-electron chi connectivity index (χ1n) is 9.77. The van der Waals surface area contributed by atoms with Gasteiger partial charge in [-0.05, 0) is 31.9 Å². The van der Waals surface area contributed by atoms with Crippen LogP contribution >= 0.6 is 0 Å². The van der Waals surface area contributed by atoms with Gasteiger partial charge in [0.1, 0.15) is 12.4 Å². The van der Waals surface area contributed by atoms with Crippen molar-refractivity contribution in [2.24, 2.45) is 16.3 Å². The first-order valence-corrected chi connectivity index (χ1v) is 9.77. The highest BCUT2D eigenvalue weighted by molar-refractivity contribution is 5.80. The van der Waals surface area contributed by atoms with Crippen molar-refractivity contribution >= 4 is 5.96 Å². The number of aryl methyl sites for hydroxylation is 1. The van der Waals surface area contributed by atoms with E-state index >= 15 is 0 Å². The van der Waals surface area contributed by atoms with Crippen LogP contribution in [0.15, 0.2) is 29.3 Å². The molecular weight excluding hydrogens is 326 g/mol. The van der Waals surface area contributed by atoms with Crippen LogP contribution in [0.2, 0.25) is 0 Å². The maximum absolute atomic E-state index is 5.95. The van der Waals surface area contributed by atoms with Gasteiger partial charge in [0.2, 0.25) is 0 Å². The van der Waals surface area contributed by atoms with E-state index in [1.54, 1.807) is 0 Å². The first kappa shape index (κ1) is 19.0. The van der Waals surface area contributed by atoms with Gasteiger partial charge >= 0.3 is 0 Å². The fraction of sp³-hybridized carbons (Fsp3) is 0.667. The largest absolute Gasteiger partial charge is 0.491 e. The quantitative estimate of drug-likeness (QED) is 0.626. The summed E-state index contributed by atoms with van der Waals surface area (Å²) in [6.45, 7) is 11.8. The van der Waals surface area contributed by atoms with Crippen LogP contribution in [-0.4, -0.2) is 56.4 Å². The Hall–Kier alpha value is -1.75. The molecule has 2 aliphatic rings. The predicted molar refractivity (Wildman–Crippen MR) is 106 cm³/mol. The minimum absolute atomic E-state index is 0.147. The van der Waals surface area contributed by atoms with Gasteiger partial charge in [-0.3, -0.25) is 4.99 Å². The first-order chi connectivity index (χ1) is 12.4. The molecule has 1 saturated carbocycles. The predicted octanol–water partition coefficient (Wildman–Crippen LogP) is 3.08. The summed E-state index contributed by atoms with van der Waals surface area (Å²) in [5.74, 6) is 2.52. The third-order valence-electron chi connectivity index (χ3n) is 5.83. The minimum atomic E-state index is 0.147. The third-order valence-corrected chi connectivity index (χ3v) is 5.83. The Morgan fingerprint density at radius 1 is 1.38 bits per heavy atom. The van der Waals surface area contributed by atoms with E-state index in [9.17, 15) is 0 Å². The number of fused-ring (bicyclic) bond motifs is 1. The molecule has 2 fully saturated rings. The van der Waals surface area contributed by atoms with Crippen molar-refractivity contribution in [3.8, 4) is 5.75 Å². The minimum Gasteiger partial charge on any atom is -0.491 e. The zero-order valence-corrected chi connectivity index (χ0v) is 16.8. The van der Waals surface area contributed by atoms with Crippen LogP contribution in [0.4, 0.5) is 0 Å². The highest BCUT2D eigenvalue weighted by Gasteiger charge is 2.59. The van der Waals surface area contributed by atoms with Crippen LogP contribution in [0, 0.1) is 18.3 Å². The summed E-state index contributed by atoms with van der Waals surface area (Å²) >= 11 is 0. The molecular formula is C21H33N3O2. The maximum atomic E-state index is 5.95. The van der Waals surface area contributed by atoms with Gasteiger partial charge in [-0.2, -0.15) is 0 Å². The monoisotopic (exact) mass is 359 g/mol. The Morgan fingerprint density at radius 2 is 2.15 bits per heavy atom.